The molecule has 100 valence electrons. The van der Waals surface area contributed by atoms with Crippen LogP contribution in [0.15, 0.2) is 28.8 Å². The van der Waals surface area contributed by atoms with Crippen LogP contribution in [0.5, 0.6) is 0 Å². The van der Waals surface area contributed by atoms with Crippen LogP contribution >= 0.6 is 11.6 Å². The molecule has 5 heteroatoms. The molecule has 1 saturated heterocycles. The highest BCUT2D eigenvalue weighted by atomic mass is 35.5. The second-order valence-corrected chi connectivity index (χ2v) is 5.20. The molecule has 2 aromatic rings. The van der Waals surface area contributed by atoms with E-state index in [0.717, 1.165) is 18.5 Å². The minimum absolute atomic E-state index is 0.172. The molecule has 0 radical (unpaired) electrons. The fraction of sp³-hybridized carbons (Fsp3) is 0.429. The second kappa shape index (κ2) is 5.72. The molecule has 1 atom stereocenters. The van der Waals surface area contributed by atoms with E-state index in [4.69, 9.17) is 16.1 Å². The Morgan fingerprint density at radius 3 is 3.00 bits per heavy atom. The van der Waals surface area contributed by atoms with Crippen molar-refractivity contribution in [3.8, 4) is 11.4 Å². The Morgan fingerprint density at radius 2 is 2.11 bits per heavy atom. The van der Waals surface area contributed by atoms with Gasteiger partial charge in [0, 0.05) is 5.56 Å². The van der Waals surface area contributed by atoms with Crippen LogP contribution in [0.3, 0.4) is 0 Å². The molecule has 3 rings (SSSR count). The summed E-state index contributed by atoms with van der Waals surface area (Å²) in [6.45, 7) is 1.01. The van der Waals surface area contributed by atoms with E-state index < -0.39 is 0 Å². The maximum absolute atomic E-state index is 6.14. The van der Waals surface area contributed by atoms with Gasteiger partial charge >= 0.3 is 0 Å². The predicted octanol–water partition coefficient (Wildman–Crippen LogP) is 3.59. The van der Waals surface area contributed by atoms with Crippen LogP contribution in [-0.2, 0) is 0 Å². The molecule has 19 heavy (non-hydrogen) atoms. The summed E-state index contributed by atoms with van der Waals surface area (Å²) < 4.78 is 5.39. The third-order valence-electron chi connectivity index (χ3n) is 3.41. The first-order chi connectivity index (χ1) is 9.34. The van der Waals surface area contributed by atoms with Gasteiger partial charge in [-0.05, 0) is 31.5 Å². The van der Waals surface area contributed by atoms with Gasteiger partial charge in [0.25, 0.3) is 0 Å². The largest absolute Gasteiger partial charge is 0.337 e. The number of halogens is 1. The van der Waals surface area contributed by atoms with Crippen LogP contribution < -0.4 is 5.32 Å². The number of benzene rings is 1. The van der Waals surface area contributed by atoms with Crippen molar-refractivity contribution in [2.24, 2.45) is 0 Å². The standard InChI is InChI=1S/C14H16ClN3O/c15-11-7-4-3-6-10(11)13-17-14(19-18-13)12-8-2-1-5-9-16-12/h3-4,6-7,12,16H,1-2,5,8-9H2. The van der Waals surface area contributed by atoms with Gasteiger partial charge in [0.05, 0.1) is 11.1 Å². The molecule has 1 aliphatic heterocycles. The van der Waals surface area contributed by atoms with Crippen molar-refractivity contribution in [3.63, 3.8) is 0 Å². The molecule has 0 spiro atoms. The fourth-order valence-electron chi connectivity index (χ4n) is 2.37. The summed E-state index contributed by atoms with van der Waals surface area (Å²) in [4.78, 5) is 4.48. The normalized spacial score (nSPS) is 20.2. The first-order valence-corrected chi connectivity index (χ1v) is 7.04. The molecule has 1 aromatic heterocycles. The van der Waals surface area contributed by atoms with Gasteiger partial charge in [-0.25, -0.2) is 0 Å². The summed E-state index contributed by atoms with van der Waals surface area (Å²) in [6, 6.07) is 7.71. The molecule has 1 aliphatic rings. The van der Waals surface area contributed by atoms with E-state index >= 15 is 0 Å². The maximum atomic E-state index is 6.14. The van der Waals surface area contributed by atoms with Crippen molar-refractivity contribution in [1.82, 2.24) is 15.5 Å². The van der Waals surface area contributed by atoms with E-state index in [1.807, 2.05) is 24.3 Å². The zero-order valence-corrected chi connectivity index (χ0v) is 11.4. The minimum atomic E-state index is 0.172. The Hall–Kier alpha value is -1.39. The summed E-state index contributed by atoms with van der Waals surface area (Å²) in [5, 5.41) is 8.13. The van der Waals surface area contributed by atoms with Gasteiger partial charge in [-0.1, -0.05) is 41.7 Å². The van der Waals surface area contributed by atoms with Crippen molar-refractivity contribution in [1.29, 1.82) is 0 Å². The number of nitrogens with zero attached hydrogens (tertiary/aromatic N) is 2. The van der Waals surface area contributed by atoms with E-state index in [2.05, 4.69) is 15.5 Å². The zero-order chi connectivity index (χ0) is 13.1. The lowest BCUT2D eigenvalue weighted by atomic mass is 10.1. The minimum Gasteiger partial charge on any atom is -0.337 e. The van der Waals surface area contributed by atoms with E-state index in [-0.39, 0.29) is 6.04 Å². The molecular weight excluding hydrogens is 262 g/mol. The summed E-state index contributed by atoms with van der Waals surface area (Å²) in [5.41, 5.74) is 0.813. The number of rotatable bonds is 2. The Bertz CT molecular complexity index is 547. The van der Waals surface area contributed by atoms with Crippen LogP contribution in [0.2, 0.25) is 5.02 Å². The van der Waals surface area contributed by atoms with Gasteiger partial charge in [-0.15, -0.1) is 0 Å². The van der Waals surface area contributed by atoms with Crippen LogP contribution in [-0.4, -0.2) is 16.7 Å². The average molecular weight is 278 g/mol. The Balaban J connectivity index is 1.85. The summed E-state index contributed by atoms with van der Waals surface area (Å²) in [6.07, 6.45) is 4.71. The molecule has 0 aliphatic carbocycles. The van der Waals surface area contributed by atoms with E-state index in [1.54, 1.807) is 0 Å². The van der Waals surface area contributed by atoms with Gasteiger partial charge in [0.15, 0.2) is 0 Å². The summed E-state index contributed by atoms with van der Waals surface area (Å²) >= 11 is 6.14. The Labute approximate surface area is 117 Å². The fourth-order valence-corrected chi connectivity index (χ4v) is 2.59. The number of nitrogens with one attached hydrogen (secondary N) is 1. The molecule has 2 heterocycles. The van der Waals surface area contributed by atoms with Crippen molar-refractivity contribution in [2.75, 3.05) is 6.54 Å². The van der Waals surface area contributed by atoms with Gasteiger partial charge in [0.1, 0.15) is 0 Å². The number of hydrogen-bond donors (Lipinski definition) is 1. The first kappa shape index (κ1) is 12.6. The monoisotopic (exact) mass is 277 g/mol. The maximum Gasteiger partial charge on any atom is 0.244 e. The molecule has 0 bridgehead atoms. The van der Waals surface area contributed by atoms with E-state index in [0.29, 0.717) is 16.7 Å². The number of hydrogen-bond acceptors (Lipinski definition) is 4. The first-order valence-electron chi connectivity index (χ1n) is 6.66. The second-order valence-electron chi connectivity index (χ2n) is 4.79. The van der Waals surface area contributed by atoms with Gasteiger partial charge in [-0.2, -0.15) is 4.98 Å². The molecule has 1 aromatic carbocycles. The third kappa shape index (κ3) is 2.80. The highest BCUT2D eigenvalue weighted by Crippen LogP contribution is 2.27. The molecule has 0 amide bonds. The number of aromatic nitrogens is 2. The van der Waals surface area contributed by atoms with Crippen molar-refractivity contribution in [3.05, 3.63) is 35.2 Å². The van der Waals surface area contributed by atoms with Crippen LogP contribution in [0.25, 0.3) is 11.4 Å². The summed E-state index contributed by atoms with van der Waals surface area (Å²) in [5.74, 6) is 1.23. The average Bonchev–Trinajstić information content (AvgIpc) is 2.75. The highest BCUT2D eigenvalue weighted by Gasteiger charge is 2.21. The lowest BCUT2D eigenvalue weighted by molar-refractivity contribution is 0.327. The van der Waals surface area contributed by atoms with Gasteiger partial charge in [0.2, 0.25) is 11.7 Å². The predicted molar refractivity (Wildman–Crippen MR) is 74.0 cm³/mol. The van der Waals surface area contributed by atoms with Crippen LogP contribution in [0.1, 0.15) is 37.6 Å². The molecule has 1 unspecified atom stereocenters. The molecule has 4 nitrogen and oxygen atoms in total. The highest BCUT2D eigenvalue weighted by molar-refractivity contribution is 6.33. The molecule has 0 saturated carbocycles. The lowest BCUT2D eigenvalue weighted by Gasteiger charge is -2.09. The van der Waals surface area contributed by atoms with Crippen molar-refractivity contribution < 1.29 is 4.52 Å². The van der Waals surface area contributed by atoms with Crippen LogP contribution in [0, 0.1) is 0 Å². The molecule has 1 fully saturated rings. The lowest BCUT2D eigenvalue weighted by Crippen LogP contribution is -2.20. The summed E-state index contributed by atoms with van der Waals surface area (Å²) in [7, 11) is 0. The van der Waals surface area contributed by atoms with Crippen molar-refractivity contribution >= 4 is 11.6 Å². The Morgan fingerprint density at radius 1 is 1.21 bits per heavy atom. The molecule has 1 N–H and O–H groups in total. The third-order valence-corrected chi connectivity index (χ3v) is 3.74. The smallest absolute Gasteiger partial charge is 0.244 e. The zero-order valence-electron chi connectivity index (χ0n) is 10.6. The van der Waals surface area contributed by atoms with E-state index in [1.165, 1.54) is 19.3 Å². The van der Waals surface area contributed by atoms with Gasteiger partial charge in [-0.3, -0.25) is 0 Å². The van der Waals surface area contributed by atoms with Crippen LogP contribution in [0.4, 0.5) is 0 Å². The molecular formula is C14H16ClN3O. The topological polar surface area (TPSA) is 51.0 Å². The Kier molecular flexibility index (Phi) is 3.80. The quantitative estimate of drug-likeness (QED) is 0.911. The SMILES string of the molecule is Clc1ccccc1-c1noc(C2CCCCCN2)n1. The van der Waals surface area contributed by atoms with Crippen molar-refractivity contribution in [2.45, 2.75) is 31.7 Å². The van der Waals surface area contributed by atoms with E-state index in [9.17, 15) is 0 Å². The van der Waals surface area contributed by atoms with Gasteiger partial charge < -0.3 is 9.84 Å².